The number of carbonyl (C=O) groups is 1. The number of hydrogen-bond acceptors (Lipinski definition) is 2. The predicted octanol–water partition coefficient (Wildman–Crippen LogP) is 2.90. The summed E-state index contributed by atoms with van der Waals surface area (Å²) in [6.45, 7) is 0.170. The molecular formula is C16H14FNO2. The summed E-state index contributed by atoms with van der Waals surface area (Å²) in [5, 5.41) is 0. The molecule has 0 saturated carbocycles. The number of amides is 1. The molecule has 0 fully saturated rings. The summed E-state index contributed by atoms with van der Waals surface area (Å²) in [7, 11) is 0. The highest BCUT2D eigenvalue weighted by Gasteiger charge is 2.01. The van der Waals surface area contributed by atoms with E-state index in [1.54, 1.807) is 48.5 Å². The maximum absolute atomic E-state index is 13.4. The molecule has 20 heavy (non-hydrogen) atoms. The van der Waals surface area contributed by atoms with Crippen LogP contribution in [0.2, 0.25) is 0 Å². The third-order valence-electron chi connectivity index (χ3n) is 2.67. The zero-order chi connectivity index (χ0) is 14.4. The Morgan fingerprint density at radius 2 is 1.85 bits per heavy atom. The van der Waals surface area contributed by atoms with Crippen LogP contribution in [0.5, 0.6) is 5.75 Å². The fraction of sp³-hybridized carbons (Fsp3) is 0.0625. The van der Waals surface area contributed by atoms with Crippen molar-refractivity contribution in [3.8, 4) is 5.75 Å². The van der Waals surface area contributed by atoms with Gasteiger partial charge >= 0.3 is 0 Å². The normalized spacial score (nSPS) is 10.7. The Morgan fingerprint density at radius 1 is 1.15 bits per heavy atom. The summed E-state index contributed by atoms with van der Waals surface area (Å²) < 4.78 is 18.9. The van der Waals surface area contributed by atoms with Gasteiger partial charge in [-0.05, 0) is 29.8 Å². The predicted molar refractivity (Wildman–Crippen MR) is 75.4 cm³/mol. The van der Waals surface area contributed by atoms with Gasteiger partial charge in [-0.3, -0.25) is 4.79 Å². The number of halogens is 1. The minimum Gasteiger partial charge on any atom is -0.489 e. The van der Waals surface area contributed by atoms with Gasteiger partial charge in [0.15, 0.2) is 0 Å². The summed E-state index contributed by atoms with van der Waals surface area (Å²) >= 11 is 0. The van der Waals surface area contributed by atoms with Crippen LogP contribution in [0, 0.1) is 5.82 Å². The molecule has 1 amide bonds. The van der Waals surface area contributed by atoms with Crippen molar-refractivity contribution in [2.45, 2.75) is 6.61 Å². The van der Waals surface area contributed by atoms with E-state index in [-0.39, 0.29) is 12.4 Å². The second-order valence-electron chi connectivity index (χ2n) is 4.18. The molecular weight excluding hydrogens is 257 g/mol. The van der Waals surface area contributed by atoms with Crippen LogP contribution in [0.25, 0.3) is 6.08 Å². The van der Waals surface area contributed by atoms with Gasteiger partial charge in [0, 0.05) is 11.6 Å². The fourth-order valence-corrected chi connectivity index (χ4v) is 1.63. The average Bonchev–Trinajstić information content (AvgIpc) is 2.45. The number of nitrogens with two attached hydrogens (primary N) is 1. The molecule has 0 bridgehead atoms. The molecule has 3 nitrogen and oxygen atoms in total. The van der Waals surface area contributed by atoms with Crippen molar-refractivity contribution in [1.82, 2.24) is 0 Å². The lowest BCUT2D eigenvalue weighted by molar-refractivity contribution is -0.113. The Bertz CT molecular complexity index is 621. The highest BCUT2D eigenvalue weighted by molar-refractivity contribution is 5.90. The monoisotopic (exact) mass is 271 g/mol. The van der Waals surface area contributed by atoms with Gasteiger partial charge in [0.1, 0.15) is 18.2 Å². The zero-order valence-electron chi connectivity index (χ0n) is 10.8. The van der Waals surface area contributed by atoms with Crippen molar-refractivity contribution in [3.63, 3.8) is 0 Å². The molecule has 0 aliphatic carbocycles. The van der Waals surface area contributed by atoms with Crippen molar-refractivity contribution < 1.29 is 13.9 Å². The molecule has 2 rings (SSSR count). The van der Waals surface area contributed by atoms with Crippen LogP contribution in [-0.2, 0) is 11.4 Å². The Hall–Kier alpha value is -2.62. The minimum atomic E-state index is -0.495. The molecule has 0 aromatic heterocycles. The zero-order valence-corrected chi connectivity index (χ0v) is 10.8. The molecule has 4 heteroatoms. The highest BCUT2D eigenvalue weighted by atomic mass is 19.1. The Labute approximate surface area is 116 Å². The summed E-state index contributed by atoms with van der Waals surface area (Å²) in [5.74, 6) is -0.150. The van der Waals surface area contributed by atoms with Crippen molar-refractivity contribution in [2.75, 3.05) is 0 Å². The SMILES string of the molecule is NC(=O)C=Cc1ccc(OCc2ccccc2F)cc1. The van der Waals surface area contributed by atoms with E-state index in [1.807, 2.05) is 0 Å². The number of ether oxygens (including phenoxy) is 1. The molecule has 0 spiro atoms. The van der Waals surface area contributed by atoms with E-state index in [4.69, 9.17) is 10.5 Å². The van der Waals surface area contributed by atoms with E-state index in [1.165, 1.54) is 12.1 Å². The van der Waals surface area contributed by atoms with E-state index in [2.05, 4.69) is 0 Å². The summed E-state index contributed by atoms with van der Waals surface area (Å²) in [5.41, 5.74) is 6.35. The van der Waals surface area contributed by atoms with E-state index in [0.717, 1.165) is 5.56 Å². The van der Waals surface area contributed by atoms with Gasteiger partial charge in [0.25, 0.3) is 0 Å². The standard InChI is InChI=1S/C16H14FNO2/c17-15-4-2-1-3-13(15)11-20-14-8-5-12(6-9-14)7-10-16(18)19/h1-10H,11H2,(H2,18,19). The number of hydrogen-bond donors (Lipinski definition) is 1. The molecule has 2 aromatic rings. The lowest BCUT2D eigenvalue weighted by atomic mass is 10.2. The molecule has 102 valence electrons. The fourth-order valence-electron chi connectivity index (χ4n) is 1.63. The highest BCUT2D eigenvalue weighted by Crippen LogP contribution is 2.16. The van der Waals surface area contributed by atoms with Gasteiger partial charge in [-0.15, -0.1) is 0 Å². The molecule has 0 atom stereocenters. The molecule has 0 heterocycles. The molecule has 0 aliphatic rings. The first kappa shape index (κ1) is 13.8. The maximum Gasteiger partial charge on any atom is 0.241 e. The van der Waals surface area contributed by atoms with Crippen molar-refractivity contribution in [1.29, 1.82) is 0 Å². The van der Waals surface area contributed by atoms with Crippen molar-refractivity contribution in [3.05, 3.63) is 71.6 Å². The van der Waals surface area contributed by atoms with Gasteiger partial charge in [-0.25, -0.2) is 4.39 Å². The van der Waals surface area contributed by atoms with Crippen LogP contribution >= 0.6 is 0 Å². The summed E-state index contributed by atoms with van der Waals surface area (Å²) in [6, 6.07) is 13.6. The van der Waals surface area contributed by atoms with Crippen LogP contribution in [0.15, 0.2) is 54.6 Å². The van der Waals surface area contributed by atoms with E-state index < -0.39 is 5.91 Å². The summed E-state index contributed by atoms with van der Waals surface area (Å²) in [6.07, 6.45) is 2.90. The first-order chi connectivity index (χ1) is 9.65. The summed E-state index contributed by atoms with van der Waals surface area (Å²) in [4.78, 5) is 10.6. The number of carbonyl (C=O) groups excluding carboxylic acids is 1. The number of rotatable bonds is 5. The van der Waals surface area contributed by atoms with E-state index in [0.29, 0.717) is 11.3 Å². The lowest BCUT2D eigenvalue weighted by Crippen LogP contribution is -2.05. The average molecular weight is 271 g/mol. The minimum absolute atomic E-state index is 0.170. The molecule has 2 N–H and O–H groups in total. The lowest BCUT2D eigenvalue weighted by Gasteiger charge is -2.07. The van der Waals surface area contributed by atoms with Gasteiger partial charge in [0.05, 0.1) is 0 Å². The van der Waals surface area contributed by atoms with Crippen LogP contribution in [0.3, 0.4) is 0 Å². The van der Waals surface area contributed by atoms with Crippen molar-refractivity contribution >= 4 is 12.0 Å². The van der Waals surface area contributed by atoms with Crippen LogP contribution in [-0.4, -0.2) is 5.91 Å². The molecule has 0 aliphatic heterocycles. The largest absolute Gasteiger partial charge is 0.489 e. The van der Waals surface area contributed by atoms with E-state index >= 15 is 0 Å². The molecule has 0 radical (unpaired) electrons. The first-order valence-corrected chi connectivity index (χ1v) is 6.09. The van der Waals surface area contributed by atoms with Crippen molar-refractivity contribution in [2.24, 2.45) is 5.73 Å². The topological polar surface area (TPSA) is 52.3 Å². The second kappa shape index (κ2) is 6.52. The molecule has 2 aromatic carbocycles. The quantitative estimate of drug-likeness (QED) is 0.850. The molecule has 0 saturated heterocycles. The van der Waals surface area contributed by atoms with Crippen LogP contribution in [0.1, 0.15) is 11.1 Å². The van der Waals surface area contributed by atoms with Gasteiger partial charge in [0.2, 0.25) is 5.91 Å². The Balaban J connectivity index is 1.97. The van der Waals surface area contributed by atoms with Crippen LogP contribution < -0.4 is 10.5 Å². The smallest absolute Gasteiger partial charge is 0.241 e. The van der Waals surface area contributed by atoms with Gasteiger partial charge in [-0.1, -0.05) is 30.3 Å². The number of benzene rings is 2. The Morgan fingerprint density at radius 3 is 2.50 bits per heavy atom. The number of primary amides is 1. The third-order valence-corrected chi connectivity index (χ3v) is 2.67. The van der Waals surface area contributed by atoms with Gasteiger partial charge < -0.3 is 10.5 Å². The Kier molecular flexibility index (Phi) is 4.50. The second-order valence-corrected chi connectivity index (χ2v) is 4.18. The molecule has 0 unspecified atom stereocenters. The van der Waals surface area contributed by atoms with Gasteiger partial charge in [-0.2, -0.15) is 0 Å². The maximum atomic E-state index is 13.4. The van der Waals surface area contributed by atoms with Crippen LogP contribution in [0.4, 0.5) is 4.39 Å². The first-order valence-electron chi connectivity index (χ1n) is 6.09. The third kappa shape index (κ3) is 3.95. The van der Waals surface area contributed by atoms with E-state index in [9.17, 15) is 9.18 Å².